The van der Waals surface area contributed by atoms with E-state index in [4.69, 9.17) is 33.5 Å². The van der Waals surface area contributed by atoms with Crippen LogP contribution < -0.4 is 5.73 Å². The van der Waals surface area contributed by atoms with Crippen molar-refractivity contribution in [2.75, 3.05) is 0 Å². The van der Waals surface area contributed by atoms with Crippen LogP contribution in [0.4, 0.5) is 5.69 Å². The molecular weight excluding hydrogens is 237 g/mol. The van der Waals surface area contributed by atoms with Crippen molar-refractivity contribution in [3.05, 3.63) is 22.2 Å². The largest absolute Gasteiger partial charge is 0.301 e. The van der Waals surface area contributed by atoms with Crippen LogP contribution in [0.3, 0.4) is 0 Å². The normalized spacial score (nSPS) is 11.6. The quantitative estimate of drug-likeness (QED) is 0.765. The molecule has 0 aliphatic carbocycles. The Kier molecular flexibility index (Phi) is 2.72. The molecule has 4 nitrogen and oxygen atoms in total. The Labute approximate surface area is 85.0 Å². The second-order valence-corrected chi connectivity index (χ2v) is 4.42. The van der Waals surface area contributed by atoms with Gasteiger partial charge in [-0.25, -0.2) is 0 Å². The summed E-state index contributed by atoms with van der Waals surface area (Å²) in [5.74, 6) is 0. The molecule has 0 amide bonds. The fourth-order valence-corrected chi connectivity index (χ4v) is 2.49. The molecule has 0 aromatic heterocycles. The summed E-state index contributed by atoms with van der Waals surface area (Å²) in [5.41, 5.74) is 7.11. The van der Waals surface area contributed by atoms with Gasteiger partial charge in [0.1, 0.15) is 4.90 Å². The van der Waals surface area contributed by atoms with Crippen LogP contribution in [0, 0.1) is 0 Å². The molecule has 0 atom stereocenters. The first-order valence-corrected chi connectivity index (χ1v) is 5.20. The highest BCUT2D eigenvalue weighted by Crippen LogP contribution is 2.31. The van der Waals surface area contributed by atoms with Crippen molar-refractivity contribution in [2.24, 2.45) is 0 Å². The van der Waals surface area contributed by atoms with Crippen LogP contribution in [-0.2, 0) is 10.1 Å². The molecule has 7 heteroatoms. The number of halogens is 2. The zero-order valence-electron chi connectivity index (χ0n) is 6.08. The van der Waals surface area contributed by atoms with Crippen molar-refractivity contribution in [2.45, 2.75) is 4.90 Å². The lowest BCUT2D eigenvalue weighted by Gasteiger charge is -2.03. The number of rotatable bonds is 1. The van der Waals surface area contributed by atoms with Crippen LogP contribution in [0.2, 0.25) is 10.0 Å². The van der Waals surface area contributed by atoms with Gasteiger partial charge in [-0.05, 0) is 12.1 Å². The molecule has 0 unspecified atom stereocenters. The smallest absolute Gasteiger partial charge is 0.297 e. The summed E-state index contributed by atoms with van der Waals surface area (Å²) in [6, 6.07) is 2.16. The first-order chi connectivity index (χ1) is 5.82. The predicted octanol–water partition coefficient (Wildman–Crippen LogP) is 2.15. The summed E-state index contributed by atoms with van der Waals surface area (Å²) < 4.78 is 30.1. The van der Waals surface area contributed by atoms with Gasteiger partial charge in [0.05, 0.1) is 15.7 Å². The minimum Gasteiger partial charge on any atom is -0.301 e. The van der Waals surface area contributed by atoms with Gasteiger partial charge in [-0.15, -0.1) is 0 Å². The zero-order chi connectivity index (χ0) is 10.2. The molecule has 0 saturated heterocycles. The number of hydrogen-bond acceptors (Lipinski definition) is 2. The van der Waals surface area contributed by atoms with E-state index in [-0.39, 0.29) is 15.7 Å². The van der Waals surface area contributed by atoms with Gasteiger partial charge in [-0.3, -0.25) is 4.55 Å². The van der Waals surface area contributed by atoms with Crippen LogP contribution in [0.15, 0.2) is 17.0 Å². The highest BCUT2D eigenvalue weighted by atomic mass is 35.5. The van der Waals surface area contributed by atoms with Gasteiger partial charge in [-0.2, -0.15) is 8.42 Å². The maximum Gasteiger partial charge on any atom is 0.297 e. The average molecular weight is 241 g/mol. The molecule has 13 heavy (non-hydrogen) atoms. The summed E-state index contributed by atoms with van der Waals surface area (Å²) in [7, 11) is -4.43. The van der Waals surface area contributed by atoms with Crippen molar-refractivity contribution < 1.29 is 13.0 Å². The Morgan fingerprint density at radius 1 is 1.23 bits per heavy atom. The van der Waals surface area contributed by atoms with E-state index in [9.17, 15) is 8.42 Å². The van der Waals surface area contributed by atoms with E-state index in [2.05, 4.69) is 0 Å². The Bertz CT molecular complexity index is 420. The Balaban J connectivity index is 3.57. The van der Waals surface area contributed by atoms with E-state index in [1.165, 1.54) is 0 Å². The molecule has 0 aliphatic rings. The summed E-state index contributed by atoms with van der Waals surface area (Å²) in [6.45, 7) is 0. The SMILES string of the molecule is [NH]c1cc(Cl)c(S(=O)(=O)O)c(Cl)c1. The number of nitrogens with one attached hydrogen (secondary N) is 1. The maximum atomic E-state index is 10.7. The van der Waals surface area contributed by atoms with E-state index in [0.29, 0.717) is 0 Å². The highest BCUT2D eigenvalue weighted by Gasteiger charge is 2.19. The summed E-state index contributed by atoms with van der Waals surface area (Å²) >= 11 is 11.0. The lowest BCUT2D eigenvalue weighted by atomic mass is 10.3. The van der Waals surface area contributed by atoms with Gasteiger partial charge < -0.3 is 5.73 Å². The Hall–Kier alpha value is -0.490. The predicted molar refractivity (Wildman–Crippen MR) is 49.0 cm³/mol. The molecule has 1 rings (SSSR count). The topological polar surface area (TPSA) is 78.2 Å². The Morgan fingerprint density at radius 3 is 1.92 bits per heavy atom. The molecule has 0 fully saturated rings. The minimum absolute atomic E-state index is 0.0256. The monoisotopic (exact) mass is 240 g/mol. The van der Waals surface area contributed by atoms with Gasteiger partial charge in [0.25, 0.3) is 10.1 Å². The van der Waals surface area contributed by atoms with Crippen LogP contribution in [0.5, 0.6) is 0 Å². The maximum absolute atomic E-state index is 10.7. The third-order valence-corrected chi connectivity index (χ3v) is 3.03. The molecule has 0 aliphatic heterocycles. The standard InChI is InChI=1S/C6H4Cl2NO3S/c7-4-1-3(9)2-5(8)6(4)13(10,11)12/h1-2,9H,(H,10,11,12). The van der Waals surface area contributed by atoms with E-state index < -0.39 is 15.0 Å². The second kappa shape index (κ2) is 3.34. The minimum atomic E-state index is -4.43. The van der Waals surface area contributed by atoms with Crippen molar-refractivity contribution in [3.63, 3.8) is 0 Å². The van der Waals surface area contributed by atoms with Crippen LogP contribution in [-0.4, -0.2) is 13.0 Å². The molecular formula is C6H4Cl2NO3S. The molecule has 0 bridgehead atoms. The van der Waals surface area contributed by atoms with Gasteiger partial charge in [0.15, 0.2) is 0 Å². The molecule has 0 heterocycles. The second-order valence-electron chi connectivity index (χ2n) is 2.24. The van der Waals surface area contributed by atoms with Crippen molar-refractivity contribution in [1.29, 1.82) is 0 Å². The van der Waals surface area contributed by atoms with Gasteiger partial charge in [0, 0.05) is 0 Å². The van der Waals surface area contributed by atoms with E-state index in [1.54, 1.807) is 0 Å². The van der Waals surface area contributed by atoms with E-state index in [0.717, 1.165) is 12.1 Å². The molecule has 1 aromatic carbocycles. The van der Waals surface area contributed by atoms with Gasteiger partial charge in [0.2, 0.25) is 0 Å². The molecule has 1 aromatic rings. The number of hydrogen-bond donors (Lipinski definition) is 1. The van der Waals surface area contributed by atoms with Crippen molar-refractivity contribution >= 4 is 39.0 Å². The van der Waals surface area contributed by atoms with E-state index >= 15 is 0 Å². The molecule has 0 spiro atoms. The molecule has 1 radical (unpaired) electrons. The van der Waals surface area contributed by atoms with Crippen LogP contribution in [0.1, 0.15) is 0 Å². The first kappa shape index (κ1) is 10.6. The lowest BCUT2D eigenvalue weighted by Crippen LogP contribution is -2.00. The van der Waals surface area contributed by atoms with Crippen LogP contribution >= 0.6 is 23.2 Å². The molecule has 71 valence electrons. The summed E-state index contributed by atoms with van der Waals surface area (Å²) in [5, 5.41) is -0.528. The third-order valence-electron chi connectivity index (χ3n) is 1.26. The summed E-state index contributed by atoms with van der Waals surface area (Å²) in [4.78, 5) is -0.563. The van der Waals surface area contributed by atoms with Gasteiger partial charge in [-0.1, -0.05) is 23.2 Å². The summed E-state index contributed by atoms with van der Waals surface area (Å²) in [6.07, 6.45) is 0. The van der Waals surface area contributed by atoms with E-state index in [1.807, 2.05) is 0 Å². The first-order valence-electron chi connectivity index (χ1n) is 3.00. The van der Waals surface area contributed by atoms with Crippen molar-refractivity contribution in [3.8, 4) is 0 Å². The lowest BCUT2D eigenvalue weighted by molar-refractivity contribution is 0.483. The average Bonchev–Trinajstić information content (AvgIpc) is 1.78. The van der Waals surface area contributed by atoms with Gasteiger partial charge >= 0.3 is 0 Å². The third kappa shape index (κ3) is 2.25. The molecule has 2 N–H and O–H groups in total. The zero-order valence-corrected chi connectivity index (χ0v) is 8.41. The highest BCUT2D eigenvalue weighted by molar-refractivity contribution is 7.86. The fourth-order valence-electron chi connectivity index (χ4n) is 0.806. The molecule has 0 saturated carbocycles. The van der Waals surface area contributed by atoms with Crippen molar-refractivity contribution in [1.82, 2.24) is 5.73 Å². The fraction of sp³-hybridized carbons (Fsp3) is 0. The van der Waals surface area contributed by atoms with Crippen LogP contribution in [0.25, 0.3) is 0 Å². The Morgan fingerprint density at radius 2 is 1.62 bits per heavy atom. The number of benzene rings is 1.